The van der Waals surface area contributed by atoms with E-state index in [1.165, 1.54) is 12.8 Å². The predicted octanol–water partition coefficient (Wildman–Crippen LogP) is -0.862. The van der Waals surface area contributed by atoms with Gasteiger partial charge in [-0.25, -0.2) is 4.68 Å². The Labute approximate surface area is 82.1 Å². The Kier molecular flexibility index (Phi) is 1.42. The molecular formula is C8H14N6. The average molecular weight is 194 g/mol. The summed E-state index contributed by atoms with van der Waals surface area (Å²) in [4.78, 5) is 2.14. The van der Waals surface area contributed by atoms with Crippen LogP contribution in [-0.4, -0.2) is 38.8 Å². The van der Waals surface area contributed by atoms with Gasteiger partial charge in [0.1, 0.15) is 0 Å². The molecule has 76 valence electrons. The highest BCUT2D eigenvalue weighted by molar-refractivity contribution is 5.38. The van der Waals surface area contributed by atoms with E-state index in [2.05, 4.69) is 20.4 Å². The lowest BCUT2D eigenvalue weighted by molar-refractivity contribution is 0.285. The average Bonchev–Trinajstić information content (AvgIpc) is 2.86. The van der Waals surface area contributed by atoms with E-state index < -0.39 is 0 Å². The summed E-state index contributed by atoms with van der Waals surface area (Å²) in [5, 5.41) is 11.4. The van der Waals surface area contributed by atoms with Gasteiger partial charge in [0.15, 0.2) is 0 Å². The Hall–Kier alpha value is -1.17. The Morgan fingerprint density at radius 1 is 1.43 bits per heavy atom. The molecule has 0 spiro atoms. The fraction of sp³-hybridized carbons (Fsp3) is 0.875. The number of hydrogen-bond donors (Lipinski definition) is 1. The molecule has 1 saturated heterocycles. The highest BCUT2D eigenvalue weighted by Gasteiger charge is 2.51. The zero-order valence-electron chi connectivity index (χ0n) is 8.22. The van der Waals surface area contributed by atoms with Crippen LogP contribution in [0.25, 0.3) is 0 Å². The first kappa shape index (κ1) is 8.16. The lowest BCUT2D eigenvalue weighted by atomic mass is 9.86. The van der Waals surface area contributed by atoms with Crippen LogP contribution < -0.4 is 10.6 Å². The molecular weight excluding hydrogens is 180 g/mol. The third kappa shape index (κ3) is 1.03. The van der Waals surface area contributed by atoms with Gasteiger partial charge in [-0.2, -0.15) is 0 Å². The normalized spacial score (nSPS) is 24.9. The van der Waals surface area contributed by atoms with Crippen LogP contribution in [0.15, 0.2) is 0 Å². The van der Waals surface area contributed by atoms with Crippen molar-refractivity contribution in [1.29, 1.82) is 0 Å². The fourth-order valence-electron chi connectivity index (χ4n) is 2.21. The molecule has 0 unspecified atom stereocenters. The van der Waals surface area contributed by atoms with Crippen LogP contribution in [0.4, 0.5) is 5.95 Å². The van der Waals surface area contributed by atoms with E-state index in [-0.39, 0.29) is 5.54 Å². The third-order valence-corrected chi connectivity index (χ3v) is 3.24. The standard InChI is InChI=1S/C8H14N6/c1-13-7(10-11-12-13)14-4-8(9,5-14)6-2-3-6/h6H,2-5,9H2,1H3. The van der Waals surface area contributed by atoms with Gasteiger partial charge in [-0.3, -0.25) is 0 Å². The molecule has 0 amide bonds. The summed E-state index contributed by atoms with van der Waals surface area (Å²) >= 11 is 0. The topological polar surface area (TPSA) is 72.9 Å². The zero-order chi connectivity index (χ0) is 9.76. The molecule has 0 bridgehead atoms. The maximum absolute atomic E-state index is 6.24. The van der Waals surface area contributed by atoms with Crippen LogP contribution in [0.3, 0.4) is 0 Å². The second-order valence-electron chi connectivity index (χ2n) is 4.47. The molecule has 1 saturated carbocycles. The Morgan fingerprint density at radius 2 is 2.14 bits per heavy atom. The molecule has 2 aliphatic rings. The van der Waals surface area contributed by atoms with Crippen molar-refractivity contribution >= 4 is 5.95 Å². The Morgan fingerprint density at radius 3 is 2.64 bits per heavy atom. The number of aromatic nitrogens is 4. The van der Waals surface area contributed by atoms with Gasteiger partial charge in [0.25, 0.3) is 0 Å². The second-order valence-corrected chi connectivity index (χ2v) is 4.47. The van der Waals surface area contributed by atoms with Gasteiger partial charge in [0.2, 0.25) is 5.95 Å². The summed E-state index contributed by atoms with van der Waals surface area (Å²) in [6.07, 6.45) is 2.59. The lowest BCUT2D eigenvalue weighted by Crippen LogP contribution is -2.69. The molecule has 14 heavy (non-hydrogen) atoms. The summed E-state index contributed by atoms with van der Waals surface area (Å²) in [5.74, 6) is 1.56. The van der Waals surface area contributed by atoms with Crippen molar-refractivity contribution in [2.45, 2.75) is 18.4 Å². The second kappa shape index (κ2) is 2.44. The van der Waals surface area contributed by atoms with E-state index in [0.29, 0.717) is 0 Å². The number of aryl methyl sites for hydroxylation is 1. The molecule has 1 aliphatic heterocycles. The minimum absolute atomic E-state index is 0.0337. The molecule has 1 aromatic heterocycles. The molecule has 6 nitrogen and oxygen atoms in total. The van der Waals surface area contributed by atoms with Gasteiger partial charge >= 0.3 is 0 Å². The van der Waals surface area contributed by atoms with Gasteiger partial charge in [-0.15, -0.1) is 0 Å². The number of anilines is 1. The Balaban J connectivity index is 1.72. The van der Waals surface area contributed by atoms with E-state index in [1.54, 1.807) is 4.68 Å². The Bertz CT molecular complexity index is 348. The monoisotopic (exact) mass is 194 g/mol. The van der Waals surface area contributed by atoms with E-state index in [9.17, 15) is 0 Å². The first-order chi connectivity index (χ1) is 6.69. The van der Waals surface area contributed by atoms with Crippen molar-refractivity contribution in [2.24, 2.45) is 18.7 Å². The number of rotatable bonds is 2. The van der Waals surface area contributed by atoms with Gasteiger partial charge < -0.3 is 10.6 Å². The van der Waals surface area contributed by atoms with Gasteiger partial charge in [-0.05, 0) is 29.2 Å². The van der Waals surface area contributed by atoms with Crippen LogP contribution in [0.2, 0.25) is 0 Å². The lowest BCUT2D eigenvalue weighted by Gasteiger charge is -2.48. The summed E-state index contributed by atoms with van der Waals surface area (Å²) in [6.45, 7) is 1.79. The van der Waals surface area contributed by atoms with E-state index in [1.807, 2.05) is 7.05 Å². The maximum atomic E-state index is 6.24. The van der Waals surface area contributed by atoms with Gasteiger partial charge in [0.05, 0.1) is 5.54 Å². The number of nitrogens with zero attached hydrogens (tertiary/aromatic N) is 5. The molecule has 0 aromatic carbocycles. The van der Waals surface area contributed by atoms with Crippen molar-refractivity contribution in [1.82, 2.24) is 20.2 Å². The number of nitrogens with two attached hydrogens (primary N) is 1. The highest BCUT2D eigenvalue weighted by Crippen LogP contribution is 2.43. The molecule has 1 aliphatic carbocycles. The van der Waals surface area contributed by atoms with Crippen LogP contribution in [-0.2, 0) is 7.05 Å². The molecule has 0 atom stereocenters. The molecule has 6 heteroatoms. The van der Waals surface area contributed by atoms with Crippen LogP contribution >= 0.6 is 0 Å². The van der Waals surface area contributed by atoms with Crippen molar-refractivity contribution in [3.05, 3.63) is 0 Å². The van der Waals surface area contributed by atoms with Gasteiger partial charge in [-0.1, -0.05) is 5.10 Å². The molecule has 2 heterocycles. The third-order valence-electron chi connectivity index (χ3n) is 3.24. The number of hydrogen-bond acceptors (Lipinski definition) is 5. The van der Waals surface area contributed by atoms with Crippen molar-refractivity contribution in [3.63, 3.8) is 0 Å². The quantitative estimate of drug-likeness (QED) is 0.663. The summed E-state index contributed by atoms with van der Waals surface area (Å²) in [6, 6.07) is 0. The van der Waals surface area contributed by atoms with Crippen LogP contribution in [0.5, 0.6) is 0 Å². The van der Waals surface area contributed by atoms with E-state index in [4.69, 9.17) is 5.73 Å². The first-order valence-corrected chi connectivity index (χ1v) is 4.95. The van der Waals surface area contributed by atoms with Crippen molar-refractivity contribution in [3.8, 4) is 0 Å². The van der Waals surface area contributed by atoms with Crippen molar-refractivity contribution < 1.29 is 0 Å². The first-order valence-electron chi connectivity index (χ1n) is 4.95. The molecule has 2 N–H and O–H groups in total. The van der Waals surface area contributed by atoms with Crippen LogP contribution in [0, 0.1) is 5.92 Å². The van der Waals surface area contributed by atoms with E-state index >= 15 is 0 Å². The molecule has 1 aromatic rings. The SMILES string of the molecule is Cn1nnnc1N1CC(N)(C2CC2)C1. The van der Waals surface area contributed by atoms with Gasteiger partial charge in [0, 0.05) is 20.1 Å². The fourth-order valence-corrected chi connectivity index (χ4v) is 2.21. The summed E-state index contributed by atoms with van der Waals surface area (Å²) in [7, 11) is 1.85. The maximum Gasteiger partial charge on any atom is 0.245 e. The summed E-state index contributed by atoms with van der Waals surface area (Å²) < 4.78 is 1.69. The van der Waals surface area contributed by atoms with Crippen molar-refractivity contribution in [2.75, 3.05) is 18.0 Å². The largest absolute Gasteiger partial charge is 0.336 e. The minimum atomic E-state index is 0.0337. The predicted molar refractivity (Wildman–Crippen MR) is 50.7 cm³/mol. The smallest absolute Gasteiger partial charge is 0.245 e. The van der Waals surface area contributed by atoms with Crippen LogP contribution in [0.1, 0.15) is 12.8 Å². The molecule has 0 radical (unpaired) electrons. The minimum Gasteiger partial charge on any atom is -0.336 e. The molecule has 3 rings (SSSR count). The van der Waals surface area contributed by atoms with E-state index in [0.717, 1.165) is 25.0 Å². The zero-order valence-corrected chi connectivity index (χ0v) is 8.22. The molecule has 2 fully saturated rings. The number of tetrazole rings is 1. The summed E-state index contributed by atoms with van der Waals surface area (Å²) in [5.41, 5.74) is 6.27. The highest BCUT2D eigenvalue weighted by atomic mass is 15.6.